The second kappa shape index (κ2) is 11.2. The largest absolute Gasteiger partial charge is 0.207 e. The summed E-state index contributed by atoms with van der Waals surface area (Å²) in [6.45, 7) is 2.27. The Morgan fingerprint density at radius 1 is 0.595 bits per heavy atom. The third-order valence-corrected chi connectivity index (χ3v) is 6.74. The fourth-order valence-electron chi connectivity index (χ4n) is 4.54. The van der Waals surface area contributed by atoms with Gasteiger partial charge in [-0.3, -0.25) is 0 Å². The lowest BCUT2D eigenvalue weighted by Gasteiger charge is -2.12. The highest BCUT2D eigenvalue weighted by Gasteiger charge is 2.07. The molecule has 5 aromatic rings. The maximum absolute atomic E-state index is 14.7. The van der Waals surface area contributed by atoms with E-state index in [0.717, 1.165) is 28.7 Å². The molecule has 5 aromatic carbocycles. The summed E-state index contributed by atoms with van der Waals surface area (Å²) in [6.07, 6.45) is 4.70. The second-order valence-corrected chi connectivity index (χ2v) is 9.41. The van der Waals surface area contributed by atoms with E-state index in [1.54, 1.807) is 24.3 Å². The number of halogens is 2. The lowest BCUT2D eigenvalue weighted by molar-refractivity contribution is 0.625. The van der Waals surface area contributed by atoms with Gasteiger partial charge in [-0.15, -0.1) is 0 Å². The van der Waals surface area contributed by atoms with Gasteiger partial charge in [0.2, 0.25) is 0 Å². The van der Waals surface area contributed by atoms with Crippen molar-refractivity contribution in [1.29, 1.82) is 0 Å². The fraction of sp³-hybridized carbons (Fsp3) is 0.0857. The molecule has 0 amide bonds. The lowest BCUT2D eigenvalue weighted by Crippen LogP contribution is -1.98. The van der Waals surface area contributed by atoms with Crippen LogP contribution in [0.5, 0.6) is 0 Å². The van der Waals surface area contributed by atoms with Crippen LogP contribution in [0.2, 0.25) is 0 Å². The van der Waals surface area contributed by atoms with Gasteiger partial charge in [0.15, 0.2) is 0 Å². The van der Waals surface area contributed by atoms with Crippen LogP contribution in [-0.2, 0) is 6.42 Å². The topological polar surface area (TPSA) is 0 Å². The molecule has 0 bridgehead atoms. The summed E-state index contributed by atoms with van der Waals surface area (Å²) in [6, 6.07) is 38.8. The molecule has 0 heterocycles. The SMILES string of the molecule is C[C@H](Cc1ccc(-c2ccc(C=Cc3ccc(-c4ccc(F)cc4)cc3F)cc2)cc1)c1ccccc1. The molecule has 0 N–H and O–H groups in total. The van der Waals surface area contributed by atoms with E-state index in [0.29, 0.717) is 11.5 Å². The zero-order chi connectivity index (χ0) is 25.6. The van der Waals surface area contributed by atoms with Crippen molar-refractivity contribution in [3.8, 4) is 22.3 Å². The van der Waals surface area contributed by atoms with Crippen LogP contribution in [0.15, 0.2) is 121 Å². The molecule has 5 rings (SSSR count). The van der Waals surface area contributed by atoms with Gasteiger partial charge in [0.1, 0.15) is 11.6 Å². The maximum Gasteiger partial charge on any atom is 0.131 e. The highest BCUT2D eigenvalue weighted by Crippen LogP contribution is 2.26. The van der Waals surface area contributed by atoms with Gasteiger partial charge in [-0.05, 0) is 69.5 Å². The molecular formula is C35H28F2. The molecule has 2 heteroatoms. The van der Waals surface area contributed by atoms with Crippen LogP contribution in [-0.4, -0.2) is 0 Å². The number of rotatable bonds is 7. The first-order valence-electron chi connectivity index (χ1n) is 12.5. The van der Waals surface area contributed by atoms with Crippen molar-refractivity contribution in [2.75, 3.05) is 0 Å². The molecule has 1 atom stereocenters. The highest BCUT2D eigenvalue weighted by molar-refractivity contribution is 5.74. The molecule has 0 spiro atoms. The highest BCUT2D eigenvalue weighted by atomic mass is 19.1. The number of benzene rings is 5. The van der Waals surface area contributed by atoms with E-state index in [1.165, 1.54) is 34.9 Å². The predicted molar refractivity (Wildman–Crippen MR) is 151 cm³/mol. The summed E-state index contributed by atoms with van der Waals surface area (Å²) in [5.74, 6) is -0.140. The minimum atomic E-state index is -0.309. The molecular weight excluding hydrogens is 458 g/mol. The summed E-state index contributed by atoms with van der Waals surface area (Å²) < 4.78 is 27.8. The molecule has 0 radical (unpaired) electrons. The zero-order valence-corrected chi connectivity index (χ0v) is 20.7. The molecule has 0 aliphatic heterocycles. The number of hydrogen-bond donors (Lipinski definition) is 0. The Labute approximate surface area is 217 Å². The third kappa shape index (κ3) is 6.10. The van der Waals surface area contributed by atoms with Crippen LogP contribution in [0, 0.1) is 11.6 Å². The van der Waals surface area contributed by atoms with E-state index in [-0.39, 0.29) is 11.6 Å². The molecule has 0 aliphatic rings. The van der Waals surface area contributed by atoms with Gasteiger partial charge in [-0.2, -0.15) is 0 Å². The monoisotopic (exact) mass is 486 g/mol. The minimum Gasteiger partial charge on any atom is -0.207 e. The van der Waals surface area contributed by atoms with E-state index in [9.17, 15) is 8.78 Å². The van der Waals surface area contributed by atoms with Gasteiger partial charge in [0.05, 0.1) is 0 Å². The van der Waals surface area contributed by atoms with Gasteiger partial charge >= 0.3 is 0 Å². The average Bonchev–Trinajstić information content (AvgIpc) is 2.94. The van der Waals surface area contributed by atoms with Crippen molar-refractivity contribution in [3.05, 3.63) is 155 Å². The second-order valence-electron chi connectivity index (χ2n) is 9.41. The van der Waals surface area contributed by atoms with Gasteiger partial charge in [0.25, 0.3) is 0 Å². The fourth-order valence-corrected chi connectivity index (χ4v) is 4.54. The Balaban J connectivity index is 1.23. The molecule has 0 unspecified atom stereocenters. The molecule has 0 saturated carbocycles. The van der Waals surface area contributed by atoms with Gasteiger partial charge in [0, 0.05) is 5.56 Å². The van der Waals surface area contributed by atoms with Crippen molar-refractivity contribution < 1.29 is 8.78 Å². The summed E-state index contributed by atoms with van der Waals surface area (Å²) in [4.78, 5) is 0. The van der Waals surface area contributed by atoms with Gasteiger partial charge in [-0.1, -0.05) is 122 Å². The summed E-state index contributed by atoms with van der Waals surface area (Å²) in [7, 11) is 0. The van der Waals surface area contributed by atoms with Crippen LogP contribution in [0.25, 0.3) is 34.4 Å². The van der Waals surface area contributed by atoms with Crippen molar-refractivity contribution >= 4 is 12.2 Å². The Hall–Kier alpha value is -4.30. The summed E-state index contributed by atoms with van der Waals surface area (Å²) >= 11 is 0. The van der Waals surface area contributed by atoms with Crippen LogP contribution in [0.1, 0.15) is 35.1 Å². The third-order valence-electron chi connectivity index (χ3n) is 6.74. The first-order valence-corrected chi connectivity index (χ1v) is 12.5. The quantitative estimate of drug-likeness (QED) is 0.201. The van der Waals surface area contributed by atoms with Crippen LogP contribution >= 0.6 is 0 Å². The van der Waals surface area contributed by atoms with E-state index in [4.69, 9.17) is 0 Å². The first-order chi connectivity index (χ1) is 18.0. The average molecular weight is 487 g/mol. The van der Waals surface area contributed by atoms with E-state index >= 15 is 0 Å². The summed E-state index contributed by atoms with van der Waals surface area (Å²) in [5.41, 5.74) is 8.02. The molecule has 182 valence electrons. The van der Waals surface area contributed by atoms with E-state index in [1.807, 2.05) is 24.3 Å². The lowest BCUT2D eigenvalue weighted by atomic mass is 9.93. The van der Waals surface area contributed by atoms with Crippen LogP contribution < -0.4 is 0 Å². The number of hydrogen-bond acceptors (Lipinski definition) is 0. The first kappa shape index (κ1) is 24.4. The Kier molecular flexibility index (Phi) is 7.37. The molecule has 37 heavy (non-hydrogen) atoms. The predicted octanol–water partition coefficient (Wildman–Crippen LogP) is 9.82. The molecule has 0 nitrogen and oxygen atoms in total. The van der Waals surface area contributed by atoms with E-state index in [2.05, 4.69) is 73.7 Å². The molecule has 0 saturated heterocycles. The Morgan fingerprint density at radius 3 is 1.81 bits per heavy atom. The van der Waals surface area contributed by atoms with Crippen molar-refractivity contribution in [1.82, 2.24) is 0 Å². The molecule has 0 aliphatic carbocycles. The van der Waals surface area contributed by atoms with Crippen molar-refractivity contribution in [3.63, 3.8) is 0 Å². The minimum absolute atomic E-state index is 0.305. The van der Waals surface area contributed by atoms with Gasteiger partial charge in [-0.25, -0.2) is 8.78 Å². The standard InChI is InChI=1S/C35H28F2/c1-25(28-5-3-2-4-6-28)23-27-10-14-30(15-11-27)29-12-7-26(8-13-29)9-16-32-17-18-33(24-35(32)37)31-19-21-34(36)22-20-31/h2-22,24-25H,23H2,1H3/t25-/m1/s1. The smallest absolute Gasteiger partial charge is 0.131 e. The van der Waals surface area contributed by atoms with Crippen molar-refractivity contribution in [2.45, 2.75) is 19.3 Å². The van der Waals surface area contributed by atoms with Crippen molar-refractivity contribution in [2.24, 2.45) is 0 Å². The summed E-state index contributed by atoms with van der Waals surface area (Å²) in [5, 5.41) is 0. The van der Waals surface area contributed by atoms with Crippen LogP contribution in [0.4, 0.5) is 8.78 Å². The zero-order valence-electron chi connectivity index (χ0n) is 20.7. The maximum atomic E-state index is 14.7. The van der Waals surface area contributed by atoms with Crippen LogP contribution in [0.3, 0.4) is 0 Å². The Bertz CT molecular complexity index is 1480. The normalized spacial score (nSPS) is 12.1. The van der Waals surface area contributed by atoms with Gasteiger partial charge < -0.3 is 0 Å². The Morgan fingerprint density at radius 2 is 1.16 bits per heavy atom. The molecule has 0 aromatic heterocycles. The molecule has 0 fully saturated rings. The van der Waals surface area contributed by atoms with E-state index < -0.39 is 0 Å².